The van der Waals surface area contributed by atoms with Gasteiger partial charge in [0.1, 0.15) is 17.5 Å². The molecule has 0 aliphatic carbocycles. The van der Waals surface area contributed by atoms with Crippen molar-refractivity contribution in [1.82, 2.24) is 29.6 Å². The molecule has 58 heavy (non-hydrogen) atoms. The van der Waals surface area contributed by atoms with Gasteiger partial charge in [0.25, 0.3) is 17.4 Å². The maximum Gasteiger partial charge on any atom is 0.262 e. The van der Waals surface area contributed by atoms with Gasteiger partial charge in [0.15, 0.2) is 0 Å². The van der Waals surface area contributed by atoms with Crippen molar-refractivity contribution < 1.29 is 42.9 Å². The zero-order chi connectivity index (χ0) is 41.5. The summed E-state index contributed by atoms with van der Waals surface area (Å²) in [6.45, 7) is 2.30. The zero-order valence-corrected chi connectivity index (χ0v) is 33.4. The SMILES string of the molecule is COc1cc(-c2cn(C)c(=O)c3cnccc23)cc(OC)c1CN(C)CC(=O)N(C)CCOCCOCCCc1cccc2c1C(=O)N(C1CCC(=O)NC1=O)C2=O. The summed E-state index contributed by atoms with van der Waals surface area (Å²) >= 11 is 0. The molecule has 5 amide bonds. The second-order valence-corrected chi connectivity index (χ2v) is 14.3. The molecule has 306 valence electrons. The van der Waals surface area contributed by atoms with Gasteiger partial charge in [-0.3, -0.25) is 48.9 Å². The Morgan fingerprint density at radius 2 is 1.64 bits per heavy atom. The Morgan fingerprint density at radius 3 is 2.34 bits per heavy atom. The van der Waals surface area contributed by atoms with Crippen LogP contribution in [0.3, 0.4) is 0 Å². The minimum Gasteiger partial charge on any atom is -0.496 e. The van der Waals surface area contributed by atoms with E-state index in [1.807, 2.05) is 30.1 Å². The summed E-state index contributed by atoms with van der Waals surface area (Å²) in [5, 5.41) is 3.49. The van der Waals surface area contributed by atoms with Crippen LogP contribution in [0.1, 0.15) is 51.1 Å². The molecule has 2 aliphatic heterocycles. The summed E-state index contributed by atoms with van der Waals surface area (Å²) in [6.07, 6.45) is 6.25. The van der Waals surface area contributed by atoms with E-state index in [2.05, 4.69) is 10.3 Å². The highest BCUT2D eigenvalue weighted by Gasteiger charge is 2.45. The fourth-order valence-electron chi connectivity index (χ4n) is 7.32. The van der Waals surface area contributed by atoms with Crippen LogP contribution < -0.4 is 20.3 Å². The topological polar surface area (TPSA) is 179 Å². The van der Waals surface area contributed by atoms with Crippen molar-refractivity contribution in [3.05, 3.63) is 87.6 Å². The third-order valence-electron chi connectivity index (χ3n) is 10.4. The first kappa shape index (κ1) is 41.7. The maximum atomic E-state index is 13.3. The Balaban J connectivity index is 0.920. The Hall–Kier alpha value is -5.97. The molecular weight excluding hydrogens is 748 g/mol. The number of aryl methyl sites for hydroxylation is 2. The van der Waals surface area contributed by atoms with Gasteiger partial charge < -0.3 is 28.4 Å². The standard InChI is InChI=1S/C42H48N6O10/c1-45(23-32-34(55-4)20-27(21-35(32)56-5)31-24-47(3)40(52)30-22-43-14-13-28(30)31)25-37(50)46(2)15-17-58-19-18-57-16-7-9-26-8-6-10-29-38(26)42(54)48(41(29)53)33-11-12-36(49)44-39(33)51/h6,8,10,13-14,20-22,24,33H,7,9,11-12,15-19,23,25H2,1-5H3,(H,44,49,51). The van der Waals surface area contributed by atoms with Crippen LogP contribution in [0.15, 0.2) is 59.8 Å². The molecule has 0 radical (unpaired) electrons. The lowest BCUT2D eigenvalue weighted by Crippen LogP contribution is -2.54. The van der Waals surface area contributed by atoms with Crippen molar-refractivity contribution in [1.29, 1.82) is 0 Å². The number of aromatic nitrogens is 2. The number of rotatable bonds is 18. The van der Waals surface area contributed by atoms with Gasteiger partial charge in [0.2, 0.25) is 17.7 Å². The van der Waals surface area contributed by atoms with E-state index >= 15 is 0 Å². The summed E-state index contributed by atoms with van der Waals surface area (Å²) in [5.74, 6) is -1.02. The predicted octanol–water partition coefficient (Wildman–Crippen LogP) is 2.58. The van der Waals surface area contributed by atoms with Gasteiger partial charge in [-0.15, -0.1) is 0 Å². The lowest BCUT2D eigenvalue weighted by atomic mass is 9.99. The fraction of sp³-hybridized carbons (Fsp3) is 0.405. The molecule has 16 nitrogen and oxygen atoms in total. The highest BCUT2D eigenvalue weighted by Crippen LogP contribution is 2.38. The Morgan fingerprint density at radius 1 is 0.914 bits per heavy atom. The number of nitrogens with one attached hydrogen (secondary N) is 1. The number of carbonyl (C=O) groups is 5. The first-order chi connectivity index (χ1) is 27.9. The van der Waals surface area contributed by atoms with Crippen LogP contribution in [0.4, 0.5) is 0 Å². The van der Waals surface area contributed by atoms with Crippen molar-refractivity contribution in [2.75, 3.05) is 67.8 Å². The Kier molecular flexibility index (Phi) is 13.3. The lowest BCUT2D eigenvalue weighted by molar-refractivity contribution is -0.136. The third-order valence-corrected chi connectivity index (χ3v) is 10.4. The number of imide groups is 2. The summed E-state index contributed by atoms with van der Waals surface area (Å²) in [6, 6.07) is 9.70. The number of pyridine rings is 2. The fourth-order valence-corrected chi connectivity index (χ4v) is 7.32. The smallest absolute Gasteiger partial charge is 0.262 e. The summed E-state index contributed by atoms with van der Waals surface area (Å²) in [5.41, 5.74) is 3.53. The second-order valence-electron chi connectivity index (χ2n) is 14.3. The van der Waals surface area contributed by atoms with Gasteiger partial charge in [-0.05, 0) is 67.1 Å². The van der Waals surface area contributed by atoms with Crippen LogP contribution in [0.5, 0.6) is 11.5 Å². The number of hydrogen-bond donors (Lipinski definition) is 1. The number of nitrogens with zero attached hydrogens (tertiary/aromatic N) is 5. The second kappa shape index (κ2) is 18.5. The molecule has 1 N–H and O–H groups in total. The molecule has 2 aromatic heterocycles. The van der Waals surface area contributed by atoms with Crippen LogP contribution in [0.2, 0.25) is 0 Å². The van der Waals surface area contributed by atoms with E-state index in [1.165, 1.54) is 4.57 Å². The van der Waals surface area contributed by atoms with Crippen molar-refractivity contribution in [2.45, 2.75) is 38.3 Å². The number of piperidine rings is 1. The van der Waals surface area contributed by atoms with E-state index in [-0.39, 0.29) is 36.4 Å². The van der Waals surface area contributed by atoms with Gasteiger partial charge in [0.05, 0.1) is 62.7 Å². The molecular formula is C42H48N6O10. The molecule has 1 fully saturated rings. The van der Waals surface area contributed by atoms with Crippen LogP contribution in [0.25, 0.3) is 21.9 Å². The van der Waals surface area contributed by atoms with Crippen molar-refractivity contribution in [3.8, 4) is 22.6 Å². The molecule has 4 heterocycles. The molecule has 6 rings (SSSR count). The number of benzene rings is 2. The van der Waals surface area contributed by atoms with Crippen molar-refractivity contribution in [3.63, 3.8) is 0 Å². The van der Waals surface area contributed by atoms with Crippen LogP contribution in [0, 0.1) is 0 Å². The van der Waals surface area contributed by atoms with Crippen molar-refractivity contribution >= 4 is 40.3 Å². The Labute approximate surface area is 335 Å². The maximum absolute atomic E-state index is 13.3. The minimum absolute atomic E-state index is 0.0635. The van der Waals surface area contributed by atoms with Gasteiger partial charge >= 0.3 is 0 Å². The molecule has 0 spiro atoms. The zero-order valence-electron chi connectivity index (χ0n) is 33.4. The van der Waals surface area contributed by atoms with E-state index in [0.717, 1.165) is 27.0 Å². The van der Waals surface area contributed by atoms with E-state index in [4.69, 9.17) is 18.9 Å². The number of ether oxygens (including phenoxy) is 4. The van der Waals surface area contributed by atoms with Crippen LogP contribution in [-0.2, 0) is 43.9 Å². The number of carbonyl (C=O) groups excluding carboxylic acids is 5. The van der Waals surface area contributed by atoms with Gasteiger partial charge in [-0.2, -0.15) is 0 Å². The number of methoxy groups -OCH3 is 2. The number of amides is 5. The molecule has 1 atom stereocenters. The number of hydrogen-bond acceptors (Lipinski definition) is 12. The molecule has 1 saturated heterocycles. The van der Waals surface area contributed by atoms with Crippen LogP contribution >= 0.6 is 0 Å². The van der Waals surface area contributed by atoms with E-state index in [0.29, 0.717) is 80.4 Å². The molecule has 16 heteroatoms. The van der Waals surface area contributed by atoms with Crippen molar-refractivity contribution in [2.24, 2.45) is 7.05 Å². The average molecular weight is 797 g/mol. The third kappa shape index (κ3) is 8.93. The monoisotopic (exact) mass is 796 g/mol. The van der Waals surface area contributed by atoms with E-state index in [9.17, 15) is 28.8 Å². The van der Waals surface area contributed by atoms with Gasteiger partial charge in [-0.25, -0.2) is 0 Å². The highest BCUT2D eigenvalue weighted by atomic mass is 16.5. The normalized spacial score (nSPS) is 15.3. The van der Waals surface area contributed by atoms with Crippen LogP contribution in [-0.4, -0.2) is 128 Å². The molecule has 1 unspecified atom stereocenters. The summed E-state index contributed by atoms with van der Waals surface area (Å²) < 4.78 is 24.6. The molecule has 0 bridgehead atoms. The first-order valence-corrected chi connectivity index (χ1v) is 19.0. The quantitative estimate of drug-likeness (QED) is 0.115. The van der Waals surface area contributed by atoms with E-state index in [1.54, 1.807) is 70.0 Å². The van der Waals surface area contributed by atoms with Gasteiger partial charge in [0, 0.05) is 64.4 Å². The molecule has 2 aromatic carbocycles. The number of likely N-dealkylation sites (N-methyl/N-ethyl adjacent to an activating group) is 2. The highest BCUT2D eigenvalue weighted by molar-refractivity contribution is 6.24. The summed E-state index contributed by atoms with van der Waals surface area (Å²) in [7, 11) is 8.44. The minimum atomic E-state index is -1.01. The number of fused-ring (bicyclic) bond motifs is 2. The molecule has 0 saturated carbocycles. The average Bonchev–Trinajstić information content (AvgIpc) is 3.47. The van der Waals surface area contributed by atoms with E-state index < -0.39 is 29.7 Å². The lowest BCUT2D eigenvalue weighted by Gasteiger charge is -2.27. The summed E-state index contributed by atoms with van der Waals surface area (Å²) in [4.78, 5) is 84.8. The molecule has 2 aliphatic rings. The first-order valence-electron chi connectivity index (χ1n) is 19.0. The van der Waals surface area contributed by atoms with Gasteiger partial charge in [-0.1, -0.05) is 12.1 Å². The predicted molar refractivity (Wildman–Crippen MR) is 213 cm³/mol. The Bertz CT molecular complexity index is 2270. The molecule has 4 aromatic rings. The largest absolute Gasteiger partial charge is 0.496 e.